The maximum Gasteiger partial charge on any atom is 0.269 e. The van der Waals surface area contributed by atoms with Crippen LogP contribution < -0.4 is 0 Å². The molecule has 1 aliphatic rings. The van der Waals surface area contributed by atoms with Crippen molar-refractivity contribution in [3.63, 3.8) is 0 Å². The Kier molecular flexibility index (Phi) is 3.71. The molecule has 5 nitrogen and oxygen atoms in total. The highest BCUT2D eigenvalue weighted by atomic mass is 16.6. The average molecular weight is 236 g/mol. The minimum Gasteiger partial charge on any atom is -0.387 e. The highest BCUT2D eigenvalue weighted by molar-refractivity contribution is 5.33. The summed E-state index contributed by atoms with van der Waals surface area (Å²) in [6, 6.07) is 6.11. The molecule has 0 aromatic heterocycles. The Labute approximate surface area is 99.8 Å². The van der Waals surface area contributed by atoms with Crippen molar-refractivity contribution in [1.29, 1.82) is 0 Å². The highest BCUT2D eigenvalue weighted by Gasteiger charge is 2.17. The number of hydrogen-bond donors (Lipinski definition) is 1. The number of nitrogens with zero attached hydrogens (tertiary/aromatic N) is 2. The van der Waals surface area contributed by atoms with Crippen LogP contribution in [0, 0.1) is 10.1 Å². The number of nitro groups is 1. The fourth-order valence-electron chi connectivity index (χ4n) is 2.13. The average Bonchev–Trinajstić information content (AvgIpc) is 2.82. The van der Waals surface area contributed by atoms with Crippen LogP contribution in [-0.4, -0.2) is 34.6 Å². The van der Waals surface area contributed by atoms with E-state index >= 15 is 0 Å². The molecule has 1 saturated heterocycles. The number of non-ortho nitro benzene ring substituents is 1. The molecule has 1 aromatic carbocycles. The van der Waals surface area contributed by atoms with Gasteiger partial charge in [0.2, 0.25) is 0 Å². The molecule has 2 rings (SSSR count). The maximum absolute atomic E-state index is 10.5. The van der Waals surface area contributed by atoms with Gasteiger partial charge in [-0.2, -0.15) is 0 Å². The molecule has 1 atom stereocenters. The predicted octanol–water partition coefficient (Wildman–Crippen LogP) is 1.72. The van der Waals surface area contributed by atoms with E-state index in [0.29, 0.717) is 6.54 Å². The quantitative estimate of drug-likeness (QED) is 0.638. The van der Waals surface area contributed by atoms with Crippen LogP contribution in [0.5, 0.6) is 0 Å². The zero-order chi connectivity index (χ0) is 12.3. The van der Waals surface area contributed by atoms with Gasteiger partial charge in [0.1, 0.15) is 0 Å². The van der Waals surface area contributed by atoms with Gasteiger partial charge in [0.05, 0.1) is 11.0 Å². The van der Waals surface area contributed by atoms with E-state index in [1.165, 1.54) is 25.0 Å². The van der Waals surface area contributed by atoms with Crippen molar-refractivity contribution in [2.45, 2.75) is 18.9 Å². The van der Waals surface area contributed by atoms with Gasteiger partial charge in [-0.25, -0.2) is 0 Å². The summed E-state index contributed by atoms with van der Waals surface area (Å²) in [5, 5.41) is 20.5. The largest absolute Gasteiger partial charge is 0.387 e. The third-order valence-corrected chi connectivity index (χ3v) is 3.12. The molecular formula is C12H16N2O3. The van der Waals surface area contributed by atoms with Gasteiger partial charge in [-0.1, -0.05) is 0 Å². The summed E-state index contributed by atoms with van der Waals surface area (Å²) in [4.78, 5) is 12.3. The third kappa shape index (κ3) is 3.01. The lowest BCUT2D eigenvalue weighted by Crippen LogP contribution is -2.25. The molecule has 0 amide bonds. The number of nitro benzene ring substituents is 1. The first-order valence-electron chi connectivity index (χ1n) is 5.81. The van der Waals surface area contributed by atoms with Crippen LogP contribution in [0.3, 0.4) is 0 Å². The van der Waals surface area contributed by atoms with Crippen molar-refractivity contribution < 1.29 is 10.0 Å². The van der Waals surface area contributed by atoms with E-state index in [0.717, 1.165) is 18.7 Å². The lowest BCUT2D eigenvalue weighted by molar-refractivity contribution is -0.384. The van der Waals surface area contributed by atoms with E-state index < -0.39 is 11.0 Å². The van der Waals surface area contributed by atoms with E-state index in [1.807, 2.05) is 0 Å². The molecule has 17 heavy (non-hydrogen) atoms. The number of rotatable bonds is 4. The van der Waals surface area contributed by atoms with E-state index in [9.17, 15) is 15.2 Å². The Bertz CT molecular complexity index is 385. The van der Waals surface area contributed by atoms with E-state index in [2.05, 4.69) is 4.90 Å². The summed E-state index contributed by atoms with van der Waals surface area (Å²) in [6.45, 7) is 2.67. The van der Waals surface area contributed by atoms with Gasteiger partial charge in [0.25, 0.3) is 5.69 Å². The van der Waals surface area contributed by atoms with E-state index in [4.69, 9.17) is 0 Å². The number of likely N-dealkylation sites (tertiary alicyclic amines) is 1. The molecule has 1 N–H and O–H groups in total. The van der Waals surface area contributed by atoms with Crippen molar-refractivity contribution in [3.8, 4) is 0 Å². The predicted molar refractivity (Wildman–Crippen MR) is 63.7 cm³/mol. The molecule has 0 aliphatic carbocycles. The summed E-state index contributed by atoms with van der Waals surface area (Å²) < 4.78 is 0. The standard InChI is InChI=1S/C12H16N2O3/c15-12(9-13-7-1-2-8-13)10-3-5-11(6-4-10)14(16)17/h3-6,12,15H,1-2,7-9H2. The van der Waals surface area contributed by atoms with Crippen LogP contribution >= 0.6 is 0 Å². The smallest absolute Gasteiger partial charge is 0.269 e. The summed E-state index contributed by atoms with van der Waals surface area (Å²) in [5.41, 5.74) is 0.796. The van der Waals surface area contributed by atoms with Gasteiger partial charge in [-0.05, 0) is 43.6 Å². The van der Waals surface area contributed by atoms with Crippen LogP contribution in [-0.2, 0) is 0 Å². The number of aliphatic hydroxyl groups is 1. The second-order valence-electron chi connectivity index (χ2n) is 4.37. The first kappa shape index (κ1) is 12.0. The Morgan fingerprint density at radius 3 is 2.41 bits per heavy atom. The van der Waals surface area contributed by atoms with Crippen LogP contribution in [0.15, 0.2) is 24.3 Å². The molecule has 1 aliphatic heterocycles. The van der Waals surface area contributed by atoms with Crippen molar-refractivity contribution in [2.75, 3.05) is 19.6 Å². The van der Waals surface area contributed by atoms with Gasteiger partial charge in [0, 0.05) is 18.7 Å². The number of β-amino-alcohol motifs (C(OH)–C–C–N with tert-alkyl or cyclic N) is 1. The lowest BCUT2D eigenvalue weighted by atomic mass is 10.1. The molecule has 0 bridgehead atoms. The first-order chi connectivity index (χ1) is 8.16. The molecule has 1 fully saturated rings. The first-order valence-corrected chi connectivity index (χ1v) is 5.81. The van der Waals surface area contributed by atoms with Crippen LogP contribution in [0.1, 0.15) is 24.5 Å². The second-order valence-corrected chi connectivity index (χ2v) is 4.37. The highest BCUT2D eigenvalue weighted by Crippen LogP contribution is 2.20. The van der Waals surface area contributed by atoms with Crippen molar-refractivity contribution in [2.24, 2.45) is 0 Å². The normalized spacial score (nSPS) is 18.2. The van der Waals surface area contributed by atoms with Gasteiger partial charge < -0.3 is 10.0 Å². The van der Waals surface area contributed by atoms with Crippen molar-refractivity contribution >= 4 is 5.69 Å². The van der Waals surface area contributed by atoms with Crippen LogP contribution in [0.2, 0.25) is 0 Å². The summed E-state index contributed by atoms with van der Waals surface area (Å²) >= 11 is 0. The molecule has 5 heteroatoms. The SMILES string of the molecule is O=[N+]([O-])c1ccc(C(O)CN2CCCC2)cc1. The molecule has 0 saturated carbocycles. The monoisotopic (exact) mass is 236 g/mol. The van der Waals surface area contributed by atoms with Crippen LogP contribution in [0.4, 0.5) is 5.69 Å². The fraction of sp³-hybridized carbons (Fsp3) is 0.500. The van der Waals surface area contributed by atoms with Gasteiger partial charge in [-0.15, -0.1) is 0 Å². The molecule has 0 spiro atoms. The molecule has 1 heterocycles. The Morgan fingerprint density at radius 2 is 1.88 bits per heavy atom. The van der Waals surface area contributed by atoms with Crippen molar-refractivity contribution in [1.82, 2.24) is 4.90 Å². The maximum atomic E-state index is 10.5. The van der Waals surface area contributed by atoms with Gasteiger partial charge in [-0.3, -0.25) is 10.1 Å². The number of hydrogen-bond acceptors (Lipinski definition) is 4. The van der Waals surface area contributed by atoms with E-state index in [-0.39, 0.29) is 5.69 Å². The van der Waals surface area contributed by atoms with Gasteiger partial charge >= 0.3 is 0 Å². The molecule has 1 unspecified atom stereocenters. The Morgan fingerprint density at radius 1 is 1.29 bits per heavy atom. The van der Waals surface area contributed by atoms with Crippen LogP contribution in [0.25, 0.3) is 0 Å². The summed E-state index contributed by atoms with van der Waals surface area (Å²) in [6.07, 6.45) is 1.81. The molecule has 1 aromatic rings. The van der Waals surface area contributed by atoms with E-state index in [1.54, 1.807) is 12.1 Å². The molecular weight excluding hydrogens is 220 g/mol. The zero-order valence-corrected chi connectivity index (χ0v) is 9.58. The topological polar surface area (TPSA) is 66.6 Å². The summed E-state index contributed by atoms with van der Waals surface area (Å²) in [5.74, 6) is 0. The number of aliphatic hydroxyl groups excluding tert-OH is 1. The van der Waals surface area contributed by atoms with Crippen molar-refractivity contribution in [3.05, 3.63) is 39.9 Å². The zero-order valence-electron chi connectivity index (χ0n) is 9.58. The Hall–Kier alpha value is -1.46. The number of benzene rings is 1. The minimum atomic E-state index is -0.561. The summed E-state index contributed by atoms with van der Waals surface area (Å²) in [7, 11) is 0. The lowest BCUT2D eigenvalue weighted by Gasteiger charge is -2.19. The Balaban J connectivity index is 1.98. The van der Waals surface area contributed by atoms with Gasteiger partial charge in [0.15, 0.2) is 0 Å². The molecule has 0 radical (unpaired) electrons. The fourth-order valence-corrected chi connectivity index (χ4v) is 2.13. The molecule has 92 valence electrons. The second kappa shape index (κ2) is 5.25. The third-order valence-electron chi connectivity index (χ3n) is 3.12. The minimum absolute atomic E-state index is 0.0575.